The van der Waals surface area contributed by atoms with Crippen molar-refractivity contribution in [3.63, 3.8) is 0 Å². The molecule has 2 unspecified atom stereocenters. The molecule has 0 amide bonds. The van der Waals surface area contributed by atoms with Crippen LogP contribution in [-0.2, 0) is 6.42 Å². The molecule has 0 heterocycles. The molecule has 2 aromatic rings. The van der Waals surface area contributed by atoms with Gasteiger partial charge >= 0.3 is 0 Å². The summed E-state index contributed by atoms with van der Waals surface area (Å²) in [7, 11) is 0. The highest BCUT2D eigenvalue weighted by molar-refractivity contribution is 5.44. The number of benzene rings is 2. The average Bonchev–Trinajstić information content (AvgIpc) is 2.86. The predicted octanol–water partition coefficient (Wildman–Crippen LogP) is 4.18. The fraction of sp³-hybridized carbons (Fsp3) is 0.333. The molecule has 1 aliphatic rings. The standard InChI is InChI=1S/C18H20FNO/c1-11-6-7-13(10-16(11)19)12(2)20-17-9-8-15-14(17)4-3-5-18(15)21/h3-7,10,12,17,20-21H,8-9H2,1-2H3. The van der Waals surface area contributed by atoms with Gasteiger partial charge in [-0.1, -0.05) is 24.3 Å². The van der Waals surface area contributed by atoms with Crippen LogP contribution in [0.15, 0.2) is 36.4 Å². The maximum absolute atomic E-state index is 13.7. The van der Waals surface area contributed by atoms with Gasteiger partial charge in [0.05, 0.1) is 0 Å². The maximum Gasteiger partial charge on any atom is 0.126 e. The molecule has 2 N–H and O–H groups in total. The summed E-state index contributed by atoms with van der Waals surface area (Å²) in [4.78, 5) is 0. The SMILES string of the molecule is Cc1ccc(C(C)NC2CCc3c(O)cccc32)cc1F. The van der Waals surface area contributed by atoms with E-state index >= 15 is 0 Å². The average molecular weight is 285 g/mol. The zero-order chi connectivity index (χ0) is 15.0. The van der Waals surface area contributed by atoms with E-state index < -0.39 is 0 Å². The molecule has 21 heavy (non-hydrogen) atoms. The minimum Gasteiger partial charge on any atom is -0.508 e. The first-order valence-electron chi connectivity index (χ1n) is 7.39. The summed E-state index contributed by atoms with van der Waals surface area (Å²) in [6.45, 7) is 3.82. The summed E-state index contributed by atoms with van der Waals surface area (Å²) in [5, 5.41) is 13.4. The predicted molar refractivity (Wildman–Crippen MR) is 81.9 cm³/mol. The Balaban J connectivity index is 1.79. The monoisotopic (exact) mass is 285 g/mol. The van der Waals surface area contributed by atoms with Gasteiger partial charge in [0.15, 0.2) is 0 Å². The van der Waals surface area contributed by atoms with Crippen LogP contribution in [0.25, 0.3) is 0 Å². The summed E-state index contributed by atoms with van der Waals surface area (Å²) in [5.41, 5.74) is 3.82. The summed E-state index contributed by atoms with van der Waals surface area (Å²) < 4.78 is 13.7. The lowest BCUT2D eigenvalue weighted by atomic mass is 10.0. The molecule has 2 atom stereocenters. The number of nitrogens with one attached hydrogen (secondary N) is 1. The van der Waals surface area contributed by atoms with E-state index in [4.69, 9.17) is 0 Å². The fourth-order valence-electron chi connectivity index (χ4n) is 3.08. The Morgan fingerprint density at radius 1 is 1.29 bits per heavy atom. The zero-order valence-electron chi connectivity index (χ0n) is 12.4. The lowest BCUT2D eigenvalue weighted by molar-refractivity contribution is 0.463. The molecule has 0 saturated heterocycles. The van der Waals surface area contributed by atoms with Gasteiger partial charge in [-0.2, -0.15) is 0 Å². The summed E-state index contributed by atoms with van der Waals surface area (Å²) >= 11 is 0. The molecular formula is C18H20FNO. The van der Waals surface area contributed by atoms with Crippen molar-refractivity contribution >= 4 is 0 Å². The van der Waals surface area contributed by atoms with Crippen molar-refractivity contribution in [2.24, 2.45) is 0 Å². The van der Waals surface area contributed by atoms with E-state index in [0.717, 1.165) is 29.5 Å². The van der Waals surface area contributed by atoms with Crippen molar-refractivity contribution in [3.05, 3.63) is 64.5 Å². The largest absolute Gasteiger partial charge is 0.508 e. The molecule has 0 aliphatic heterocycles. The molecular weight excluding hydrogens is 265 g/mol. The van der Waals surface area contributed by atoms with Gasteiger partial charge in [-0.15, -0.1) is 0 Å². The molecule has 0 bridgehead atoms. The van der Waals surface area contributed by atoms with Gasteiger partial charge < -0.3 is 10.4 Å². The van der Waals surface area contributed by atoms with Gasteiger partial charge in [-0.05, 0) is 61.1 Å². The molecule has 0 aromatic heterocycles. The molecule has 2 aromatic carbocycles. The highest BCUT2D eigenvalue weighted by Gasteiger charge is 2.25. The van der Waals surface area contributed by atoms with Crippen LogP contribution < -0.4 is 5.32 Å². The van der Waals surface area contributed by atoms with Gasteiger partial charge in [-0.25, -0.2) is 4.39 Å². The Morgan fingerprint density at radius 2 is 2.10 bits per heavy atom. The highest BCUT2D eigenvalue weighted by atomic mass is 19.1. The van der Waals surface area contributed by atoms with Crippen molar-refractivity contribution in [1.29, 1.82) is 0 Å². The van der Waals surface area contributed by atoms with Crippen molar-refractivity contribution in [1.82, 2.24) is 5.32 Å². The summed E-state index contributed by atoms with van der Waals surface area (Å²) in [5.74, 6) is 0.219. The second-order valence-electron chi connectivity index (χ2n) is 5.83. The second-order valence-corrected chi connectivity index (χ2v) is 5.83. The van der Waals surface area contributed by atoms with Crippen LogP contribution in [0.3, 0.4) is 0 Å². The Hall–Kier alpha value is -1.87. The van der Waals surface area contributed by atoms with Crippen LogP contribution in [0.4, 0.5) is 4.39 Å². The van der Waals surface area contributed by atoms with Gasteiger partial charge in [-0.3, -0.25) is 0 Å². The Kier molecular flexibility index (Phi) is 3.68. The number of fused-ring (bicyclic) bond motifs is 1. The topological polar surface area (TPSA) is 32.3 Å². The minimum absolute atomic E-state index is 0.0680. The third-order valence-electron chi connectivity index (χ3n) is 4.39. The first-order chi connectivity index (χ1) is 10.1. The third kappa shape index (κ3) is 2.66. The lowest BCUT2D eigenvalue weighted by Crippen LogP contribution is -2.23. The van der Waals surface area contributed by atoms with Crippen LogP contribution in [0.2, 0.25) is 0 Å². The van der Waals surface area contributed by atoms with E-state index in [-0.39, 0.29) is 17.9 Å². The van der Waals surface area contributed by atoms with E-state index in [0.29, 0.717) is 11.3 Å². The van der Waals surface area contributed by atoms with Crippen molar-refractivity contribution < 1.29 is 9.50 Å². The number of phenols is 1. The first kappa shape index (κ1) is 14.1. The van der Waals surface area contributed by atoms with Crippen LogP contribution in [0, 0.1) is 12.7 Å². The molecule has 110 valence electrons. The van der Waals surface area contributed by atoms with Crippen molar-refractivity contribution in [2.45, 2.75) is 38.8 Å². The first-order valence-corrected chi connectivity index (χ1v) is 7.39. The molecule has 1 aliphatic carbocycles. The summed E-state index contributed by atoms with van der Waals surface area (Å²) in [6, 6.07) is 11.3. The van der Waals surface area contributed by atoms with Crippen LogP contribution in [-0.4, -0.2) is 5.11 Å². The number of aromatic hydroxyl groups is 1. The Bertz CT molecular complexity index is 668. The molecule has 3 heteroatoms. The van der Waals surface area contributed by atoms with Crippen molar-refractivity contribution in [3.8, 4) is 5.75 Å². The van der Waals surface area contributed by atoms with E-state index in [1.165, 1.54) is 0 Å². The molecule has 0 radical (unpaired) electrons. The quantitative estimate of drug-likeness (QED) is 0.886. The maximum atomic E-state index is 13.7. The number of aryl methyl sites for hydroxylation is 1. The molecule has 0 fully saturated rings. The summed E-state index contributed by atoms with van der Waals surface area (Å²) in [6.07, 6.45) is 1.85. The normalized spacial score (nSPS) is 18.5. The van der Waals surface area contributed by atoms with Crippen LogP contribution >= 0.6 is 0 Å². The van der Waals surface area contributed by atoms with E-state index in [2.05, 4.69) is 11.4 Å². The number of rotatable bonds is 3. The van der Waals surface area contributed by atoms with Gasteiger partial charge in [0.1, 0.15) is 11.6 Å². The number of hydrogen-bond donors (Lipinski definition) is 2. The van der Waals surface area contributed by atoms with Gasteiger partial charge in [0.2, 0.25) is 0 Å². The Labute approximate surface area is 124 Å². The Morgan fingerprint density at radius 3 is 2.86 bits per heavy atom. The molecule has 2 nitrogen and oxygen atoms in total. The number of phenolic OH excluding ortho intramolecular Hbond substituents is 1. The minimum atomic E-state index is -0.161. The third-order valence-corrected chi connectivity index (χ3v) is 4.39. The zero-order valence-corrected chi connectivity index (χ0v) is 12.4. The molecule has 0 spiro atoms. The smallest absolute Gasteiger partial charge is 0.126 e. The fourth-order valence-corrected chi connectivity index (χ4v) is 3.08. The van der Waals surface area contributed by atoms with E-state index in [1.54, 1.807) is 19.1 Å². The van der Waals surface area contributed by atoms with E-state index in [9.17, 15) is 9.50 Å². The number of halogens is 1. The number of hydrogen-bond acceptors (Lipinski definition) is 2. The van der Waals surface area contributed by atoms with Crippen LogP contribution in [0.5, 0.6) is 5.75 Å². The highest BCUT2D eigenvalue weighted by Crippen LogP contribution is 2.37. The van der Waals surface area contributed by atoms with E-state index in [1.807, 2.05) is 25.1 Å². The lowest BCUT2D eigenvalue weighted by Gasteiger charge is -2.21. The van der Waals surface area contributed by atoms with Gasteiger partial charge in [0, 0.05) is 12.1 Å². The second kappa shape index (κ2) is 5.49. The molecule has 0 saturated carbocycles. The molecule has 3 rings (SSSR count). The van der Waals surface area contributed by atoms with Gasteiger partial charge in [0.25, 0.3) is 0 Å². The van der Waals surface area contributed by atoms with Crippen molar-refractivity contribution in [2.75, 3.05) is 0 Å². The van der Waals surface area contributed by atoms with Crippen LogP contribution in [0.1, 0.15) is 47.7 Å².